The number of benzene rings is 1. The van der Waals surface area contributed by atoms with Crippen LogP contribution in [0.2, 0.25) is 0 Å². The maximum atomic E-state index is 12.4. The van der Waals surface area contributed by atoms with Crippen molar-refractivity contribution in [3.63, 3.8) is 0 Å². The van der Waals surface area contributed by atoms with E-state index in [0.717, 1.165) is 24.2 Å². The first-order chi connectivity index (χ1) is 12.9. The van der Waals surface area contributed by atoms with E-state index in [0.29, 0.717) is 12.3 Å². The highest BCUT2D eigenvalue weighted by molar-refractivity contribution is 5.76. The second-order valence-corrected chi connectivity index (χ2v) is 7.31. The third kappa shape index (κ3) is 4.95. The number of carbonyl (C=O) groups is 1. The Morgan fingerprint density at radius 1 is 1.30 bits per heavy atom. The third-order valence-electron chi connectivity index (χ3n) is 4.61. The highest BCUT2D eigenvalue weighted by atomic mass is 16.5. The van der Waals surface area contributed by atoms with Crippen LogP contribution >= 0.6 is 0 Å². The maximum Gasteiger partial charge on any atom is 0.267 e. The number of amides is 1. The predicted octanol–water partition coefficient (Wildman–Crippen LogP) is 1.99. The lowest BCUT2D eigenvalue weighted by Gasteiger charge is -2.35. The first-order valence-corrected chi connectivity index (χ1v) is 9.02. The fraction of sp³-hybridized carbons (Fsp3) is 0.450. The van der Waals surface area contributed by atoms with Crippen molar-refractivity contribution in [3.05, 3.63) is 46.8 Å². The molecule has 2 aromatic rings. The lowest BCUT2D eigenvalue weighted by Crippen LogP contribution is -2.47. The number of carbonyl (C=O) groups excluding carboxylic acids is 1. The molecule has 1 atom stereocenters. The Labute approximate surface area is 158 Å². The van der Waals surface area contributed by atoms with Gasteiger partial charge in [0.05, 0.1) is 18.4 Å². The van der Waals surface area contributed by atoms with E-state index in [1.165, 1.54) is 10.7 Å². The van der Waals surface area contributed by atoms with Crippen molar-refractivity contribution in [2.24, 2.45) is 0 Å². The van der Waals surface area contributed by atoms with Gasteiger partial charge in [0.2, 0.25) is 5.91 Å². The summed E-state index contributed by atoms with van der Waals surface area (Å²) in [5.41, 5.74) is 0.905. The fourth-order valence-electron chi connectivity index (χ4n) is 3.24. The Kier molecular flexibility index (Phi) is 5.60. The zero-order valence-electron chi connectivity index (χ0n) is 15.9. The van der Waals surface area contributed by atoms with E-state index in [1.54, 1.807) is 13.2 Å². The van der Waals surface area contributed by atoms with Crippen molar-refractivity contribution in [1.29, 1.82) is 0 Å². The Morgan fingerprint density at radius 3 is 2.70 bits per heavy atom. The van der Waals surface area contributed by atoms with Crippen LogP contribution in [0, 0.1) is 0 Å². The van der Waals surface area contributed by atoms with E-state index in [-0.39, 0.29) is 29.7 Å². The second kappa shape index (κ2) is 7.92. The van der Waals surface area contributed by atoms with E-state index in [1.807, 2.05) is 38.1 Å². The molecule has 1 aliphatic heterocycles. The zero-order chi connectivity index (χ0) is 19.4. The van der Waals surface area contributed by atoms with Crippen LogP contribution in [0.15, 0.2) is 41.2 Å². The smallest absolute Gasteiger partial charge is 0.267 e. The molecule has 1 fully saturated rings. The van der Waals surface area contributed by atoms with E-state index in [2.05, 4.69) is 10.4 Å². The quantitative estimate of drug-likeness (QED) is 0.869. The van der Waals surface area contributed by atoms with Gasteiger partial charge in [-0.25, -0.2) is 4.68 Å². The minimum atomic E-state index is -0.310. The molecule has 0 spiro atoms. The Hall–Kier alpha value is -2.67. The Balaban J connectivity index is 1.70. The van der Waals surface area contributed by atoms with Crippen LogP contribution in [0.3, 0.4) is 0 Å². The number of nitrogens with one attached hydrogen (secondary N) is 1. The molecule has 27 heavy (non-hydrogen) atoms. The molecule has 0 saturated carbocycles. The van der Waals surface area contributed by atoms with Crippen molar-refractivity contribution in [2.45, 2.75) is 44.9 Å². The highest BCUT2D eigenvalue weighted by Crippen LogP contribution is 2.24. The summed E-state index contributed by atoms with van der Waals surface area (Å²) >= 11 is 0. The molecule has 7 heteroatoms. The molecule has 1 aromatic heterocycles. The summed E-state index contributed by atoms with van der Waals surface area (Å²) in [7, 11) is 1.60. The molecule has 1 amide bonds. The lowest BCUT2D eigenvalue weighted by atomic mass is 9.94. The van der Waals surface area contributed by atoms with Gasteiger partial charge >= 0.3 is 0 Å². The van der Waals surface area contributed by atoms with Gasteiger partial charge in [-0.1, -0.05) is 0 Å². The highest BCUT2D eigenvalue weighted by Gasteiger charge is 2.29. The summed E-state index contributed by atoms with van der Waals surface area (Å²) in [6.07, 6.45) is 1.51. The summed E-state index contributed by atoms with van der Waals surface area (Å²) in [5, 5.41) is 7.33. The number of ether oxygens (including phenoxy) is 2. The number of methoxy groups -OCH3 is 1. The molecule has 144 valence electrons. The SMILES string of the molecule is COc1ccc(-c2ccc(=O)n(CC(=O)N[C@@H]3CCOC(C)(C)C3)n2)cc1. The van der Waals surface area contributed by atoms with Gasteiger partial charge in [-0.2, -0.15) is 5.10 Å². The van der Waals surface area contributed by atoms with Gasteiger partial charge in [-0.05, 0) is 57.0 Å². The van der Waals surface area contributed by atoms with Gasteiger partial charge in [-0.15, -0.1) is 0 Å². The molecular weight excluding hydrogens is 346 g/mol. The largest absolute Gasteiger partial charge is 0.497 e. The third-order valence-corrected chi connectivity index (χ3v) is 4.61. The topological polar surface area (TPSA) is 82.5 Å². The first-order valence-electron chi connectivity index (χ1n) is 9.02. The minimum absolute atomic E-state index is 0.0433. The van der Waals surface area contributed by atoms with Crippen molar-refractivity contribution in [3.8, 4) is 17.0 Å². The number of hydrogen-bond acceptors (Lipinski definition) is 5. The summed E-state index contributed by atoms with van der Waals surface area (Å²) in [6.45, 7) is 4.52. The standard InChI is InChI=1S/C20H25N3O4/c1-20(2)12-15(10-11-27-20)21-18(24)13-23-19(25)9-8-17(22-23)14-4-6-16(26-3)7-5-14/h4-9,15H,10-13H2,1-3H3,(H,21,24)/t15-/m1/s1. The van der Waals surface area contributed by atoms with Crippen molar-refractivity contribution < 1.29 is 14.3 Å². The predicted molar refractivity (Wildman–Crippen MR) is 102 cm³/mol. The maximum absolute atomic E-state index is 12.4. The molecule has 0 bridgehead atoms. The molecule has 1 saturated heterocycles. The first kappa shape index (κ1) is 19.1. The molecule has 0 aliphatic carbocycles. The monoisotopic (exact) mass is 371 g/mol. The second-order valence-electron chi connectivity index (χ2n) is 7.31. The fourth-order valence-corrected chi connectivity index (χ4v) is 3.24. The molecule has 1 aliphatic rings. The molecule has 0 unspecified atom stereocenters. The van der Waals surface area contributed by atoms with Crippen LogP contribution in [0.4, 0.5) is 0 Å². The zero-order valence-corrected chi connectivity index (χ0v) is 15.9. The van der Waals surface area contributed by atoms with Gasteiger partial charge < -0.3 is 14.8 Å². The summed E-state index contributed by atoms with van der Waals surface area (Å²) in [5.74, 6) is 0.519. The number of nitrogens with zero attached hydrogens (tertiary/aromatic N) is 2. The average Bonchev–Trinajstić information content (AvgIpc) is 2.63. The van der Waals surface area contributed by atoms with Crippen molar-refractivity contribution >= 4 is 5.91 Å². The Bertz CT molecular complexity index is 858. The number of aromatic nitrogens is 2. The van der Waals surface area contributed by atoms with E-state index in [9.17, 15) is 9.59 Å². The van der Waals surface area contributed by atoms with E-state index in [4.69, 9.17) is 9.47 Å². The van der Waals surface area contributed by atoms with Crippen molar-refractivity contribution in [1.82, 2.24) is 15.1 Å². The summed E-state index contributed by atoms with van der Waals surface area (Å²) < 4.78 is 12.0. The van der Waals surface area contributed by atoms with E-state index < -0.39 is 0 Å². The van der Waals surface area contributed by atoms with Crippen LogP contribution in [0.5, 0.6) is 5.75 Å². The van der Waals surface area contributed by atoms with Crippen LogP contribution in [0.1, 0.15) is 26.7 Å². The normalized spacial score (nSPS) is 18.7. The van der Waals surface area contributed by atoms with Crippen LogP contribution in [-0.2, 0) is 16.1 Å². The van der Waals surface area contributed by atoms with Crippen LogP contribution in [-0.4, -0.2) is 41.0 Å². The van der Waals surface area contributed by atoms with Gasteiger partial charge in [-0.3, -0.25) is 9.59 Å². The van der Waals surface area contributed by atoms with Crippen LogP contribution < -0.4 is 15.6 Å². The van der Waals surface area contributed by atoms with E-state index >= 15 is 0 Å². The van der Waals surface area contributed by atoms with Gasteiger partial charge in [0, 0.05) is 24.3 Å². The molecule has 1 aromatic carbocycles. The minimum Gasteiger partial charge on any atom is -0.497 e. The molecule has 0 radical (unpaired) electrons. The van der Waals surface area contributed by atoms with Crippen molar-refractivity contribution in [2.75, 3.05) is 13.7 Å². The molecule has 3 rings (SSSR count). The van der Waals surface area contributed by atoms with Gasteiger partial charge in [0.25, 0.3) is 5.56 Å². The van der Waals surface area contributed by atoms with Crippen LogP contribution in [0.25, 0.3) is 11.3 Å². The molecule has 1 N–H and O–H groups in total. The average molecular weight is 371 g/mol. The van der Waals surface area contributed by atoms with Gasteiger partial charge in [0.1, 0.15) is 12.3 Å². The summed E-state index contributed by atoms with van der Waals surface area (Å²) in [6, 6.07) is 10.5. The molecular formula is C20H25N3O4. The van der Waals surface area contributed by atoms with Gasteiger partial charge in [0.15, 0.2) is 0 Å². The molecule has 7 nitrogen and oxygen atoms in total. The lowest BCUT2D eigenvalue weighted by molar-refractivity contribution is -0.124. The summed E-state index contributed by atoms with van der Waals surface area (Å²) in [4.78, 5) is 24.5. The number of rotatable bonds is 5. The Morgan fingerprint density at radius 2 is 2.04 bits per heavy atom. The molecule has 2 heterocycles. The number of hydrogen-bond donors (Lipinski definition) is 1.